The van der Waals surface area contributed by atoms with Crippen LogP contribution in [0.2, 0.25) is 5.15 Å². The first-order valence-corrected chi connectivity index (χ1v) is 5.56. The molecule has 17 heavy (non-hydrogen) atoms. The van der Waals surface area contributed by atoms with Gasteiger partial charge >= 0.3 is 0 Å². The molecule has 0 fully saturated rings. The molecule has 0 aliphatic heterocycles. The van der Waals surface area contributed by atoms with Crippen molar-refractivity contribution in [2.24, 2.45) is 0 Å². The zero-order valence-corrected chi connectivity index (χ0v) is 9.95. The Morgan fingerprint density at radius 3 is 2.47 bits per heavy atom. The number of pyridine rings is 1. The molecule has 4 heteroatoms. The van der Waals surface area contributed by atoms with Gasteiger partial charge in [0.05, 0.1) is 6.10 Å². The first kappa shape index (κ1) is 12.0. The molecule has 0 radical (unpaired) electrons. The number of aliphatic hydroxyl groups is 1. The molecule has 0 spiro atoms. The minimum atomic E-state index is -0.726. The quantitative estimate of drug-likeness (QED) is 0.828. The summed E-state index contributed by atoms with van der Waals surface area (Å²) in [5.41, 5.74) is 2.12. The van der Waals surface area contributed by atoms with Gasteiger partial charge in [0.2, 0.25) is 0 Å². The molecule has 2 nitrogen and oxygen atoms in total. The third kappa shape index (κ3) is 2.46. The maximum absolute atomic E-state index is 12.9. The lowest BCUT2D eigenvalue weighted by molar-refractivity contribution is 0.199. The molecule has 1 N–H and O–H groups in total. The van der Waals surface area contributed by atoms with Gasteiger partial charge in [-0.05, 0) is 36.2 Å². The van der Waals surface area contributed by atoms with Crippen molar-refractivity contribution in [3.8, 4) is 11.1 Å². The van der Waals surface area contributed by atoms with Gasteiger partial charge < -0.3 is 5.11 Å². The number of hydrogen-bond donors (Lipinski definition) is 1. The predicted octanol–water partition coefficient (Wildman–Crippen LogP) is 3.59. The van der Waals surface area contributed by atoms with Gasteiger partial charge in [0.25, 0.3) is 0 Å². The summed E-state index contributed by atoms with van der Waals surface area (Å²) >= 11 is 5.96. The maximum atomic E-state index is 12.9. The second-order valence-corrected chi connectivity index (χ2v) is 4.10. The highest BCUT2D eigenvalue weighted by molar-refractivity contribution is 6.30. The summed E-state index contributed by atoms with van der Waals surface area (Å²) in [6.45, 7) is 1.62. The van der Waals surface area contributed by atoms with Gasteiger partial charge in [-0.1, -0.05) is 23.7 Å². The van der Waals surface area contributed by atoms with Gasteiger partial charge in [0.1, 0.15) is 11.0 Å². The molecule has 0 aliphatic carbocycles. The van der Waals surface area contributed by atoms with E-state index in [1.165, 1.54) is 12.1 Å². The van der Waals surface area contributed by atoms with Gasteiger partial charge in [-0.3, -0.25) is 0 Å². The molecule has 1 aromatic carbocycles. The molecule has 1 heterocycles. The topological polar surface area (TPSA) is 33.1 Å². The zero-order valence-electron chi connectivity index (χ0n) is 9.19. The molecule has 0 saturated heterocycles. The average Bonchev–Trinajstić information content (AvgIpc) is 2.29. The van der Waals surface area contributed by atoms with Gasteiger partial charge in [-0.2, -0.15) is 0 Å². The van der Waals surface area contributed by atoms with Gasteiger partial charge in [0, 0.05) is 11.8 Å². The van der Waals surface area contributed by atoms with Crippen molar-refractivity contribution in [1.82, 2.24) is 4.98 Å². The predicted molar refractivity (Wildman–Crippen MR) is 65.3 cm³/mol. The summed E-state index contributed by atoms with van der Waals surface area (Å²) < 4.78 is 12.9. The van der Waals surface area contributed by atoms with Crippen LogP contribution in [0.5, 0.6) is 0 Å². The van der Waals surface area contributed by atoms with Crippen molar-refractivity contribution in [2.75, 3.05) is 0 Å². The molecule has 0 aliphatic rings. The fraction of sp³-hybridized carbons (Fsp3) is 0.154. The summed E-state index contributed by atoms with van der Waals surface area (Å²) in [7, 11) is 0. The summed E-state index contributed by atoms with van der Waals surface area (Å²) in [6, 6.07) is 7.78. The molecule has 1 atom stereocenters. The number of benzene rings is 1. The maximum Gasteiger partial charge on any atom is 0.135 e. The lowest BCUT2D eigenvalue weighted by Gasteiger charge is -2.13. The van der Waals surface area contributed by atoms with Gasteiger partial charge in [-0.15, -0.1) is 0 Å². The zero-order chi connectivity index (χ0) is 12.4. The van der Waals surface area contributed by atoms with E-state index in [1.807, 2.05) is 0 Å². The molecular weight excluding hydrogens is 241 g/mol. The second-order valence-electron chi connectivity index (χ2n) is 3.75. The third-order valence-corrected chi connectivity index (χ3v) is 2.82. The highest BCUT2D eigenvalue weighted by atomic mass is 35.5. The molecule has 0 unspecified atom stereocenters. The Morgan fingerprint density at radius 1 is 1.24 bits per heavy atom. The Hall–Kier alpha value is -1.45. The Kier molecular flexibility index (Phi) is 3.41. The number of halogens is 2. The van der Waals surface area contributed by atoms with Gasteiger partial charge in [0.15, 0.2) is 0 Å². The van der Waals surface area contributed by atoms with Crippen LogP contribution in [0.1, 0.15) is 18.6 Å². The van der Waals surface area contributed by atoms with Gasteiger partial charge in [-0.25, -0.2) is 9.37 Å². The fourth-order valence-electron chi connectivity index (χ4n) is 1.73. The highest BCUT2D eigenvalue weighted by Gasteiger charge is 2.14. The largest absolute Gasteiger partial charge is 0.389 e. The Labute approximate surface area is 104 Å². The van der Waals surface area contributed by atoms with E-state index < -0.39 is 6.10 Å². The molecule has 2 rings (SSSR count). The molecule has 0 amide bonds. The minimum absolute atomic E-state index is 0.266. The summed E-state index contributed by atoms with van der Waals surface area (Å²) in [5.74, 6) is -0.299. The highest BCUT2D eigenvalue weighted by Crippen LogP contribution is 2.32. The molecule has 1 aromatic heterocycles. The molecular formula is C13H11ClFNO. The lowest BCUT2D eigenvalue weighted by Crippen LogP contribution is -1.98. The van der Waals surface area contributed by atoms with Crippen LogP contribution >= 0.6 is 11.6 Å². The smallest absolute Gasteiger partial charge is 0.135 e. The fourth-order valence-corrected chi connectivity index (χ4v) is 2.04. The first-order valence-electron chi connectivity index (χ1n) is 5.18. The van der Waals surface area contributed by atoms with Crippen molar-refractivity contribution < 1.29 is 9.50 Å². The summed E-state index contributed by atoms with van der Waals surface area (Å²) in [6.07, 6.45) is 0.837. The van der Waals surface area contributed by atoms with Crippen LogP contribution < -0.4 is 0 Å². The third-order valence-electron chi connectivity index (χ3n) is 2.51. The van der Waals surface area contributed by atoms with E-state index in [4.69, 9.17) is 11.6 Å². The van der Waals surface area contributed by atoms with E-state index in [-0.39, 0.29) is 11.0 Å². The number of aromatic nitrogens is 1. The second kappa shape index (κ2) is 4.82. The van der Waals surface area contributed by atoms with Crippen molar-refractivity contribution >= 4 is 11.6 Å². The van der Waals surface area contributed by atoms with Crippen molar-refractivity contribution in [3.63, 3.8) is 0 Å². The van der Waals surface area contributed by atoms with Crippen LogP contribution in [0.25, 0.3) is 11.1 Å². The van der Waals surface area contributed by atoms with Crippen LogP contribution in [-0.4, -0.2) is 10.1 Å². The number of nitrogens with zero attached hydrogens (tertiary/aromatic N) is 1. The van der Waals surface area contributed by atoms with Crippen molar-refractivity contribution in [1.29, 1.82) is 0 Å². The van der Waals surface area contributed by atoms with Crippen LogP contribution in [0.15, 0.2) is 36.5 Å². The van der Waals surface area contributed by atoms with E-state index in [1.54, 1.807) is 31.3 Å². The number of rotatable bonds is 2. The Balaban J connectivity index is 2.59. The van der Waals surface area contributed by atoms with Crippen LogP contribution in [0.3, 0.4) is 0 Å². The molecule has 2 aromatic rings. The Bertz CT molecular complexity index is 525. The SMILES string of the molecule is C[C@H](O)c1c(-c2ccc(F)cc2)ccnc1Cl. The van der Waals surface area contributed by atoms with E-state index in [9.17, 15) is 9.50 Å². The lowest BCUT2D eigenvalue weighted by atomic mass is 9.99. The van der Waals surface area contributed by atoms with E-state index >= 15 is 0 Å². The van der Waals surface area contributed by atoms with Crippen LogP contribution in [0, 0.1) is 5.82 Å². The number of hydrogen-bond acceptors (Lipinski definition) is 2. The van der Waals surface area contributed by atoms with Crippen LogP contribution in [0.4, 0.5) is 4.39 Å². The average molecular weight is 252 g/mol. The molecule has 0 bridgehead atoms. The standard InChI is InChI=1S/C13H11ClFNO/c1-8(17)12-11(6-7-16-13(12)14)9-2-4-10(15)5-3-9/h2-8,17H,1H3/t8-/m0/s1. The summed E-state index contributed by atoms with van der Waals surface area (Å²) in [4.78, 5) is 3.94. The van der Waals surface area contributed by atoms with E-state index in [0.717, 1.165) is 11.1 Å². The van der Waals surface area contributed by atoms with Crippen molar-refractivity contribution in [2.45, 2.75) is 13.0 Å². The Morgan fingerprint density at radius 2 is 1.88 bits per heavy atom. The first-order chi connectivity index (χ1) is 8.09. The minimum Gasteiger partial charge on any atom is -0.389 e. The van der Waals surface area contributed by atoms with E-state index in [0.29, 0.717) is 5.56 Å². The molecule has 0 saturated carbocycles. The summed E-state index contributed by atoms with van der Waals surface area (Å²) in [5, 5.41) is 9.97. The number of aliphatic hydroxyl groups excluding tert-OH is 1. The normalized spacial score (nSPS) is 12.5. The molecule has 88 valence electrons. The van der Waals surface area contributed by atoms with Crippen molar-refractivity contribution in [3.05, 3.63) is 53.1 Å². The monoisotopic (exact) mass is 251 g/mol. The van der Waals surface area contributed by atoms with Crippen LogP contribution in [-0.2, 0) is 0 Å². The van der Waals surface area contributed by atoms with E-state index in [2.05, 4.69) is 4.98 Å².